The predicted octanol–water partition coefficient (Wildman–Crippen LogP) is 6.43. The molecular formula is C26H20ClNO3. The molecule has 31 heavy (non-hydrogen) atoms. The van der Waals surface area contributed by atoms with Crippen LogP contribution < -0.4 is 0 Å². The number of aryl methyl sites for hydroxylation is 3. The smallest absolute Gasteiger partial charge is 0.197 e. The average Bonchev–Trinajstić information content (AvgIpc) is 3.36. The van der Waals surface area contributed by atoms with Crippen molar-refractivity contribution in [1.29, 1.82) is 0 Å². The van der Waals surface area contributed by atoms with Crippen molar-refractivity contribution in [3.8, 4) is 11.3 Å². The first kappa shape index (κ1) is 19.6. The minimum Gasteiger partial charge on any atom is -0.455 e. The molecule has 2 aromatic carbocycles. The number of rotatable bonds is 3. The van der Waals surface area contributed by atoms with Gasteiger partial charge in [0.05, 0.1) is 16.8 Å². The van der Waals surface area contributed by atoms with Crippen LogP contribution in [0.1, 0.15) is 44.5 Å². The number of hydrogen-bond donors (Lipinski definition) is 0. The van der Waals surface area contributed by atoms with Gasteiger partial charge in [-0.15, -0.1) is 0 Å². The third-order valence-electron chi connectivity index (χ3n) is 5.93. The SMILES string of the molecule is CCc1cc2c(cc1Cl)C(=O)/C(=C\c1cc3c(cc(-c4ccc(C)cc4)n3C)o1)C2=O. The summed E-state index contributed by atoms with van der Waals surface area (Å²) < 4.78 is 8.02. The van der Waals surface area contributed by atoms with E-state index in [1.807, 2.05) is 30.7 Å². The monoisotopic (exact) mass is 429 g/mol. The Bertz CT molecular complexity index is 1420. The summed E-state index contributed by atoms with van der Waals surface area (Å²) in [5.41, 5.74) is 6.68. The molecule has 0 aliphatic heterocycles. The molecule has 0 amide bonds. The van der Waals surface area contributed by atoms with Gasteiger partial charge in [0, 0.05) is 35.3 Å². The second kappa shape index (κ2) is 7.10. The Labute approximate surface area is 184 Å². The fourth-order valence-electron chi connectivity index (χ4n) is 4.13. The van der Waals surface area contributed by atoms with Gasteiger partial charge in [0.2, 0.25) is 0 Å². The van der Waals surface area contributed by atoms with Crippen LogP contribution in [0.5, 0.6) is 0 Å². The lowest BCUT2D eigenvalue weighted by Crippen LogP contribution is -1.99. The average molecular weight is 430 g/mol. The number of nitrogens with zero attached hydrogens (tertiary/aromatic N) is 1. The number of carbonyl (C=O) groups excluding carboxylic acids is 2. The first-order chi connectivity index (χ1) is 14.9. The van der Waals surface area contributed by atoms with Crippen LogP contribution in [0.15, 0.2) is 58.5 Å². The number of carbonyl (C=O) groups is 2. The lowest BCUT2D eigenvalue weighted by molar-refractivity contribution is 0.0990. The Balaban J connectivity index is 1.54. The summed E-state index contributed by atoms with van der Waals surface area (Å²) >= 11 is 6.25. The Morgan fingerprint density at radius 3 is 2.32 bits per heavy atom. The van der Waals surface area contributed by atoms with E-state index >= 15 is 0 Å². The molecule has 1 aliphatic rings. The van der Waals surface area contributed by atoms with Crippen molar-refractivity contribution in [3.63, 3.8) is 0 Å². The maximum absolute atomic E-state index is 12.9. The van der Waals surface area contributed by atoms with Crippen LogP contribution in [-0.2, 0) is 13.5 Å². The van der Waals surface area contributed by atoms with Gasteiger partial charge in [-0.05, 0) is 42.7 Å². The Kier molecular flexibility index (Phi) is 4.49. The molecule has 4 aromatic rings. The van der Waals surface area contributed by atoms with Gasteiger partial charge in [-0.1, -0.05) is 48.4 Å². The summed E-state index contributed by atoms with van der Waals surface area (Å²) in [6, 6.07) is 15.5. The molecule has 0 radical (unpaired) electrons. The lowest BCUT2D eigenvalue weighted by atomic mass is 10.0. The summed E-state index contributed by atoms with van der Waals surface area (Å²) in [4.78, 5) is 25.8. The van der Waals surface area contributed by atoms with Gasteiger partial charge >= 0.3 is 0 Å². The molecule has 0 saturated heterocycles. The maximum atomic E-state index is 12.9. The third kappa shape index (κ3) is 3.06. The standard InChI is InChI=1S/C26H20ClNO3/c1-4-15-9-18-19(12-21(15)27)26(30)20(25(18)29)10-17-11-23-24(31-17)13-22(28(23)3)16-7-5-14(2)6-8-16/h5-13H,4H2,1-3H3/b20-10-. The van der Waals surface area contributed by atoms with Crippen molar-refractivity contribution in [3.05, 3.63) is 87.1 Å². The number of furan rings is 1. The largest absolute Gasteiger partial charge is 0.455 e. The molecule has 2 heterocycles. The van der Waals surface area contributed by atoms with Crippen LogP contribution in [0.2, 0.25) is 5.02 Å². The molecule has 0 bridgehead atoms. The number of aromatic nitrogens is 1. The van der Waals surface area contributed by atoms with E-state index in [1.165, 1.54) is 11.6 Å². The first-order valence-corrected chi connectivity index (χ1v) is 10.5. The van der Waals surface area contributed by atoms with Crippen LogP contribution in [0.25, 0.3) is 28.4 Å². The van der Waals surface area contributed by atoms with Crippen molar-refractivity contribution < 1.29 is 14.0 Å². The fourth-order valence-corrected chi connectivity index (χ4v) is 4.43. The summed E-state index contributed by atoms with van der Waals surface area (Å²) in [5, 5.41) is 0.510. The number of halogens is 1. The van der Waals surface area contributed by atoms with Crippen LogP contribution in [-0.4, -0.2) is 16.1 Å². The van der Waals surface area contributed by atoms with Gasteiger partial charge in [-0.25, -0.2) is 0 Å². The van der Waals surface area contributed by atoms with Gasteiger partial charge in [0.25, 0.3) is 0 Å². The molecule has 2 aromatic heterocycles. The zero-order chi connectivity index (χ0) is 21.9. The van der Waals surface area contributed by atoms with Gasteiger partial charge in [0.1, 0.15) is 5.76 Å². The molecule has 0 saturated carbocycles. The second-order valence-corrected chi connectivity index (χ2v) is 8.32. The topological polar surface area (TPSA) is 52.2 Å². The summed E-state index contributed by atoms with van der Waals surface area (Å²) in [5.74, 6) is -0.125. The van der Waals surface area contributed by atoms with E-state index in [0.29, 0.717) is 33.9 Å². The van der Waals surface area contributed by atoms with Crippen molar-refractivity contribution in [2.75, 3.05) is 0 Å². The molecule has 0 N–H and O–H groups in total. The number of ketones is 2. The van der Waals surface area contributed by atoms with E-state index in [1.54, 1.807) is 12.1 Å². The molecule has 0 unspecified atom stereocenters. The summed E-state index contributed by atoms with van der Waals surface area (Å²) in [7, 11) is 1.97. The molecule has 0 atom stereocenters. The van der Waals surface area contributed by atoms with E-state index < -0.39 is 0 Å². The predicted molar refractivity (Wildman–Crippen MR) is 123 cm³/mol. The number of hydrogen-bond acceptors (Lipinski definition) is 3. The van der Waals surface area contributed by atoms with Crippen molar-refractivity contribution in [2.45, 2.75) is 20.3 Å². The minimum absolute atomic E-state index is 0.108. The lowest BCUT2D eigenvalue weighted by Gasteiger charge is -2.04. The molecule has 0 spiro atoms. The van der Waals surface area contributed by atoms with E-state index in [9.17, 15) is 9.59 Å². The normalized spacial score (nSPS) is 14.8. The Hall–Kier alpha value is -3.37. The third-order valence-corrected chi connectivity index (χ3v) is 6.28. The number of benzene rings is 2. The van der Waals surface area contributed by atoms with Crippen molar-refractivity contribution >= 4 is 40.3 Å². The molecule has 5 heteroatoms. The highest BCUT2D eigenvalue weighted by molar-refractivity contribution is 6.42. The maximum Gasteiger partial charge on any atom is 0.197 e. The van der Waals surface area contributed by atoms with Crippen molar-refractivity contribution in [1.82, 2.24) is 4.57 Å². The Morgan fingerprint density at radius 2 is 1.68 bits per heavy atom. The molecular weight excluding hydrogens is 410 g/mol. The highest BCUT2D eigenvalue weighted by Crippen LogP contribution is 2.34. The molecule has 0 fully saturated rings. The highest BCUT2D eigenvalue weighted by atomic mass is 35.5. The number of Topliss-reactive ketones (excluding diaryl/α,β-unsaturated/α-hetero) is 2. The second-order valence-electron chi connectivity index (χ2n) is 7.91. The van der Waals surface area contributed by atoms with Gasteiger partial charge in [-0.3, -0.25) is 9.59 Å². The van der Waals surface area contributed by atoms with Crippen LogP contribution >= 0.6 is 11.6 Å². The molecule has 4 nitrogen and oxygen atoms in total. The highest BCUT2D eigenvalue weighted by Gasteiger charge is 2.34. The fraction of sp³-hybridized carbons (Fsp3) is 0.154. The number of fused-ring (bicyclic) bond motifs is 2. The Morgan fingerprint density at radius 1 is 1.00 bits per heavy atom. The van der Waals surface area contributed by atoms with Gasteiger partial charge < -0.3 is 8.98 Å². The van der Waals surface area contributed by atoms with E-state index in [2.05, 4.69) is 31.2 Å². The van der Waals surface area contributed by atoms with E-state index in [4.69, 9.17) is 16.0 Å². The van der Waals surface area contributed by atoms with E-state index in [0.717, 1.165) is 22.3 Å². The van der Waals surface area contributed by atoms with Crippen molar-refractivity contribution in [2.24, 2.45) is 7.05 Å². The quantitative estimate of drug-likeness (QED) is 0.278. The summed E-state index contributed by atoms with van der Waals surface area (Å²) in [6.07, 6.45) is 2.23. The van der Waals surface area contributed by atoms with Crippen LogP contribution in [0.3, 0.4) is 0 Å². The van der Waals surface area contributed by atoms with Gasteiger partial charge in [-0.2, -0.15) is 0 Å². The first-order valence-electron chi connectivity index (χ1n) is 10.2. The zero-order valence-corrected chi connectivity index (χ0v) is 18.2. The summed E-state index contributed by atoms with van der Waals surface area (Å²) in [6.45, 7) is 4.02. The zero-order valence-electron chi connectivity index (χ0n) is 17.5. The van der Waals surface area contributed by atoms with Gasteiger partial charge in [0.15, 0.2) is 17.1 Å². The number of allylic oxidation sites excluding steroid dienone is 1. The minimum atomic E-state index is -0.314. The van der Waals surface area contributed by atoms with E-state index in [-0.39, 0.29) is 17.1 Å². The molecule has 154 valence electrons. The van der Waals surface area contributed by atoms with Crippen LogP contribution in [0, 0.1) is 6.92 Å². The molecule has 5 rings (SSSR count). The van der Waals surface area contributed by atoms with Crippen LogP contribution in [0.4, 0.5) is 0 Å². The molecule has 1 aliphatic carbocycles.